The van der Waals surface area contributed by atoms with Gasteiger partial charge < -0.3 is 10.3 Å². The molecule has 0 saturated carbocycles. The lowest BCUT2D eigenvalue weighted by Gasteiger charge is -2.02. The maximum absolute atomic E-state index is 11.8. The molecule has 0 aliphatic heterocycles. The number of carbonyl (C=O) groups excluding carboxylic acids is 1. The molecule has 0 unspecified atom stereocenters. The number of hydrogen-bond donors (Lipinski definition) is 2. The third-order valence-electron chi connectivity index (χ3n) is 2.39. The number of rotatable bonds is 3. The molecule has 2 aromatic rings. The molecule has 2 N–H and O–H groups in total. The molecule has 0 aromatic carbocycles. The first kappa shape index (κ1) is 12.5. The summed E-state index contributed by atoms with van der Waals surface area (Å²) in [5.74, 6) is -0.373. The standard InChI is InChI=1S/C12H13N3O2S/c1-7-3-4-10(12(17)15-7)11(16)14-6-9-5-13-8(2)18-9/h3-5H,6H2,1-2H3,(H,14,16)(H,15,17). The molecule has 0 fully saturated rings. The monoisotopic (exact) mass is 263 g/mol. The Labute approximate surface area is 108 Å². The lowest BCUT2D eigenvalue weighted by atomic mass is 10.2. The van der Waals surface area contributed by atoms with Gasteiger partial charge in [0.05, 0.1) is 11.6 Å². The van der Waals surface area contributed by atoms with Crippen molar-refractivity contribution < 1.29 is 4.79 Å². The van der Waals surface area contributed by atoms with Crippen LogP contribution in [0.5, 0.6) is 0 Å². The van der Waals surface area contributed by atoms with E-state index < -0.39 is 0 Å². The summed E-state index contributed by atoms with van der Waals surface area (Å²) in [5, 5.41) is 3.65. The summed E-state index contributed by atoms with van der Waals surface area (Å²) in [7, 11) is 0. The predicted octanol–water partition coefficient (Wildman–Crippen LogP) is 1.38. The number of nitrogens with zero attached hydrogens (tertiary/aromatic N) is 1. The van der Waals surface area contributed by atoms with Crippen molar-refractivity contribution >= 4 is 17.2 Å². The number of carbonyl (C=O) groups is 1. The first-order valence-corrected chi connectivity index (χ1v) is 6.27. The van der Waals surface area contributed by atoms with Crippen molar-refractivity contribution in [3.05, 3.63) is 49.8 Å². The van der Waals surface area contributed by atoms with E-state index in [1.165, 1.54) is 17.4 Å². The van der Waals surface area contributed by atoms with Crippen LogP contribution in [0.15, 0.2) is 23.1 Å². The average Bonchev–Trinajstić information content (AvgIpc) is 2.72. The van der Waals surface area contributed by atoms with Crippen LogP contribution in [-0.4, -0.2) is 15.9 Å². The number of thiazole rings is 1. The number of aromatic amines is 1. The number of pyridine rings is 1. The van der Waals surface area contributed by atoms with Gasteiger partial charge in [-0.05, 0) is 26.0 Å². The van der Waals surface area contributed by atoms with Crippen LogP contribution in [0.1, 0.15) is 25.9 Å². The maximum Gasteiger partial charge on any atom is 0.260 e. The zero-order chi connectivity index (χ0) is 13.1. The fraction of sp³-hybridized carbons (Fsp3) is 0.250. The summed E-state index contributed by atoms with van der Waals surface area (Å²) in [6.07, 6.45) is 1.72. The zero-order valence-electron chi connectivity index (χ0n) is 10.1. The fourth-order valence-corrected chi connectivity index (χ4v) is 2.24. The Morgan fingerprint density at radius 2 is 2.22 bits per heavy atom. The first-order chi connectivity index (χ1) is 8.56. The summed E-state index contributed by atoms with van der Waals surface area (Å²) in [5.41, 5.74) is 0.490. The molecule has 0 bridgehead atoms. The largest absolute Gasteiger partial charge is 0.347 e. The van der Waals surface area contributed by atoms with Crippen LogP contribution in [0.4, 0.5) is 0 Å². The van der Waals surface area contributed by atoms with Gasteiger partial charge in [-0.15, -0.1) is 11.3 Å². The SMILES string of the molecule is Cc1ccc(C(=O)NCc2cnc(C)s2)c(=O)[nH]1. The van der Waals surface area contributed by atoms with Crippen LogP contribution in [0.3, 0.4) is 0 Å². The summed E-state index contributed by atoms with van der Waals surface area (Å²) in [4.78, 5) is 31.0. The molecule has 2 rings (SSSR count). The van der Waals surface area contributed by atoms with Crippen molar-refractivity contribution in [2.24, 2.45) is 0 Å². The number of H-pyrrole nitrogens is 1. The number of hydrogen-bond acceptors (Lipinski definition) is 4. The van der Waals surface area contributed by atoms with E-state index in [4.69, 9.17) is 0 Å². The molecule has 0 saturated heterocycles. The minimum Gasteiger partial charge on any atom is -0.347 e. The maximum atomic E-state index is 11.8. The van der Waals surface area contributed by atoms with Gasteiger partial charge in [-0.25, -0.2) is 4.98 Å². The van der Waals surface area contributed by atoms with Gasteiger partial charge in [0.1, 0.15) is 5.56 Å². The molecule has 0 radical (unpaired) electrons. The molecular weight excluding hydrogens is 250 g/mol. The molecule has 0 aliphatic rings. The molecular formula is C12H13N3O2S. The van der Waals surface area contributed by atoms with E-state index in [9.17, 15) is 9.59 Å². The van der Waals surface area contributed by atoms with E-state index in [1.807, 2.05) is 6.92 Å². The summed E-state index contributed by atoms with van der Waals surface area (Å²) < 4.78 is 0. The van der Waals surface area contributed by atoms with Gasteiger partial charge in [-0.3, -0.25) is 9.59 Å². The number of nitrogens with one attached hydrogen (secondary N) is 2. The average molecular weight is 263 g/mol. The Morgan fingerprint density at radius 3 is 2.83 bits per heavy atom. The zero-order valence-corrected chi connectivity index (χ0v) is 10.9. The van der Waals surface area contributed by atoms with Crippen LogP contribution in [0, 0.1) is 13.8 Å². The summed E-state index contributed by atoms with van der Waals surface area (Å²) in [6.45, 7) is 4.06. The Bertz CT molecular complexity index is 630. The van der Waals surface area contributed by atoms with Crippen molar-refractivity contribution in [3.63, 3.8) is 0 Å². The normalized spacial score (nSPS) is 10.3. The van der Waals surface area contributed by atoms with E-state index >= 15 is 0 Å². The number of amides is 1. The van der Waals surface area contributed by atoms with Crippen LogP contribution < -0.4 is 10.9 Å². The third kappa shape index (κ3) is 2.84. The second-order valence-electron chi connectivity index (χ2n) is 3.91. The molecule has 2 heterocycles. The van der Waals surface area contributed by atoms with Crippen LogP contribution >= 0.6 is 11.3 Å². The van der Waals surface area contributed by atoms with Crippen LogP contribution in [-0.2, 0) is 6.54 Å². The van der Waals surface area contributed by atoms with E-state index in [0.717, 1.165) is 15.6 Å². The molecule has 2 aromatic heterocycles. The number of aryl methyl sites for hydroxylation is 2. The molecule has 0 aliphatic carbocycles. The van der Waals surface area contributed by atoms with Gasteiger partial charge in [-0.1, -0.05) is 0 Å². The van der Waals surface area contributed by atoms with Gasteiger partial charge in [0, 0.05) is 16.8 Å². The second kappa shape index (κ2) is 5.14. The van der Waals surface area contributed by atoms with Gasteiger partial charge >= 0.3 is 0 Å². The Kier molecular flexibility index (Phi) is 3.57. The van der Waals surface area contributed by atoms with E-state index in [0.29, 0.717) is 6.54 Å². The van der Waals surface area contributed by atoms with Crippen LogP contribution in [0.2, 0.25) is 0 Å². The van der Waals surface area contributed by atoms with Gasteiger partial charge in [0.15, 0.2) is 0 Å². The minimum absolute atomic E-state index is 0.127. The highest BCUT2D eigenvalue weighted by atomic mass is 32.1. The predicted molar refractivity (Wildman–Crippen MR) is 69.8 cm³/mol. The summed E-state index contributed by atoms with van der Waals surface area (Å²) >= 11 is 1.52. The van der Waals surface area contributed by atoms with E-state index in [2.05, 4.69) is 15.3 Å². The smallest absolute Gasteiger partial charge is 0.260 e. The highest BCUT2D eigenvalue weighted by molar-refractivity contribution is 7.11. The Balaban J connectivity index is 2.06. The third-order valence-corrected chi connectivity index (χ3v) is 3.31. The molecule has 18 heavy (non-hydrogen) atoms. The lowest BCUT2D eigenvalue weighted by molar-refractivity contribution is 0.0950. The molecule has 0 atom stereocenters. The van der Waals surface area contributed by atoms with Crippen molar-refractivity contribution in [1.29, 1.82) is 0 Å². The van der Waals surface area contributed by atoms with Gasteiger partial charge in [0.25, 0.3) is 11.5 Å². The molecule has 5 nitrogen and oxygen atoms in total. The molecule has 0 spiro atoms. The topological polar surface area (TPSA) is 74.8 Å². The van der Waals surface area contributed by atoms with Crippen molar-refractivity contribution in [2.75, 3.05) is 0 Å². The quantitative estimate of drug-likeness (QED) is 0.878. The minimum atomic E-state index is -0.373. The van der Waals surface area contributed by atoms with E-state index in [1.54, 1.807) is 19.2 Å². The van der Waals surface area contributed by atoms with Crippen molar-refractivity contribution in [3.8, 4) is 0 Å². The van der Waals surface area contributed by atoms with Crippen molar-refractivity contribution in [2.45, 2.75) is 20.4 Å². The van der Waals surface area contributed by atoms with Crippen molar-refractivity contribution in [1.82, 2.24) is 15.3 Å². The molecule has 94 valence electrons. The van der Waals surface area contributed by atoms with Crippen LogP contribution in [0.25, 0.3) is 0 Å². The summed E-state index contributed by atoms with van der Waals surface area (Å²) in [6, 6.07) is 3.23. The Hall–Kier alpha value is -1.95. The highest BCUT2D eigenvalue weighted by Gasteiger charge is 2.10. The molecule has 1 amide bonds. The van der Waals surface area contributed by atoms with E-state index in [-0.39, 0.29) is 17.0 Å². The number of aromatic nitrogens is 2. The highest BCUT2D eigenvalue weighted by Crippen LogP contribution is 2.10. The fourth-order valence-electron chi connectivity index (χ4n) is 1.50. The second-order valence-corrected chi connectivity index (χ2v) is 5.23. The molecule has 6 heteroatoms. The first-order valence-electron chi connectivity index (χ1n) is 5.45. The van der Waals surface area contributed by atoms with Gasteiger partial charge in [0.2, 0.25) is 0 Å². The Morgan fingerprint density at radius 1 is 1.44 bits per heavy atom. The lowest BCUT2D eigenvalue weighted by Crippen LogP contribution is -2.29. The van der Waals surface area contributed by atoms with Gasteiger partial charge in [-0.2, -0.15) is 0 Å².